The van der Waals surface area contributed by atoms with Gasteiger partial charge in [0, 0.05) is 17.2 Å². The van der Waals surface area contributed by atoms with E-state index in [9.17, 15) is 9.59 Å². The zero-order chi connectivity index (χ0) is 17.4. The molecule has 3 aromatic rings. The molecule has 1 aliphatic carbocycles. The Labute approximate surface area is 144 Å². The molecule has 5 nitrogen and oxygen atoms in total. The third-order valence-electron chi connectivity index (χ3n) is 4.25. The standard InChI is InChI=1S/C20H16N2O3/c1-2-3-10-25-12-8-9-15-16(11-12)22-18-17(21-15)19(23)13-6-4-5-7-14(13)20(18)24/h4-9,11H,2-3,10H2,1H3. The Hall–Kier alpha value is -3.08. The summed E-state index contributed by atoms with van der Waals surface area (Å²) in [7, 11) is 0. The highest BCUT2D eigenvalue weighted by Gasteiger charge is 2.32. The molecule has 1 aliphatic rings. The van der Waals surface area contributed by atoms with Gasteiger partial charge in [0.1, 0.15) is 17.1 Å². The molecule has 124 valence electrons. The summed E-state index contributed by atoms with van der Waals surface area (Å²) in [5.74, 6) is 0.157. The van der Waals surface area contributed by atoms with Gasteiger partial charge < -0.3 is 4.74 Å². The van der Waals surface area contributed by atoms with E-state index in [1.54, 1.807) is 36.4 Å². The van der Waals surface area contributed by atoms with E-state index < -0.39 is 0 Å². The summed E-state index contributed by atoms with van der Waals surface area (Å²) in [5.41, 5.74) is 2.12. The van der Waals surface area contributed by atoms with Crippen molar-refractivity contribution < 1.29 is 14.3 Å². The number of ketones is 2. The lowest BCUT2D eigenvalue weighted by molar-refractivity contribution is 0.0972. The second kappa shape index (κ2) is 6.09. The topological polar surface area (TPSA) is 69.2 Å². The highest BCUT2D eigenvalue weighted by Crippen LogP contribution is 2.27. The van der Waals surface area contributed by atoms with Crippen molar-refractivity contribution >= 4 is 22.6 Å². The van der Waals surface area contributed by atoms with Crippen LogP contribution in [0.3, 0.4) is 0 Å². The van der Waals surface area contributed by atoms with Gasteiger partial charge in [-0.3, -0.25) is 9.59 Å². The minimum Gasteiger partial charge on any atom is -0.494 e. The normalized spacial score (nSPS) is 12.8. The van der Waals surface area contributed by atoms with Gasteiger partial charge in [-0.25, -0.2) is 9.97 Å². The van der Waals surface area contributed by atoms with Crippen LogP contribution in [-0.4, -0.2) is 28.1 Å². The predicted octanol–water partition coefficient (Wildman–Crippen LogP) is 3.58. The van der Waals surface area contributed by atoms with Crippen LogP contribution in [0.25, 0.3) is 11.0 Å². The number of fused-ring (bicyclic) bond motifs is 3. The Balaban J connectivity index is 1.80. The smallest absolute Gasteiger partial charge is 0.214 e. The molecule has 0 spiro atoms. The molecule has 0 saturated carbocycles. The molecule has 0 saturated heterocycles. The lowest BCUT2D eigenvalue weighted by atomic mass is 9.89. The SMILES string of the molecule is CCCCOc1ccc2nc3c(nc2c1)C(=O)c1ccccc1C3=O. The summed E-state index contributed by atoms with van der Waals surface area (Å²) in [6, 6.07) is 12.1. The molecule has 0 radical (unpaired) electrons. The molecule has 0 aliphatic heterocycles. The van der Waals surface area contributed by atoms with Crippen molar-refractivity contribution in [3.63, 3.8) is 0 Å². The van der Waals surface area contributed by atoms with Crippen molar-refractivity contribution in [2.24, 2.45) is 0 Å². The fourth-order valence-electron chi connectivity index (χ4n) is 2.91. The lowest BCUT2D eigenvalue weighted by Gasteiger charge is -2.16. The Bertz CT molecular complexity index is 1010. The maximum Gasteiger partial charge on any atom is 0.214 e. The summed E-state index contributed by atoms with van der Waals surface area (Å²) in [5, 5.41) is 0. The van der Waals surface area contributed by atoms with Crippen molar-refractivity contribution in [1.82, 2.24) is 9.97 Å². The number of ether oxygens (including phenoxy) is 1. The number of aromatic nitrogens is 2. The summed E-state index contributed by atoms with van der Waals surface area (Å²) >= 11 is 0. The first-order chi connectivity index (χ1) is 12.2. The van der Waals surface area contributed by atoms with Gasteiger partial charge in [0.15, 0.2) is 0 Å². The van der Waals surface area contributed by atoms with E-state index >= 15 is 0 Å². The van der Waals surface area contributed by atoms with Gasteiger partial charge in [-0.15, -0.1) is 0 Å². The van der Waals surface area contributed by atoms with Crippen LogP contribution in [0.1, 0.15) is 51.9 Å². The highest BCUT2D eigenvalue weighted by atomic mass is 16.5. The first-order valence-corrected chi connectivity index (χ1v) is 8.32. The molecule has 2 aromatic carbocycles. The third kappa shape index (κ3) is 2.58. The maximum atomic E-state index is 12.7. The zero-order valence-electron chi connectivity index (χ0n) is 13.8. The molecule has 4 rings (SSSR count). The number of unbranched alkanes of at least 4 members (excludes halogenated alkanes) is 1. The second-order valence-electron chi connectivity index (χ2n) is 5.98. The lowest BCUT2D eigenvalue weighted by Crippen LogP contribution is -2.23. The van der Waals surface area contributed by atoms with Crippen LogP contribution in [0, 0.1) is 0 Å². The van der Waals surface area contributed by atoms with Gasteiger partial charge in [-0.05, 0) is 18.6 Å². The third-order valence-corrected chi connectivity index (χ3v) is 4.25. The molecule has 0 unspecified atom stereocenters. The molecule has 0 amide bonds. The Morgan fingerprint density at radius 3 is 2.16 bits per heavy atom. The number of nitrogens with zero attached hydrogens (tertiary/aromatic N) is 2. The summed E-state index contributed by atoms with van der Waals surface area (Å²) in [4.78, 5) is 34.2. The van der Waals surface area contributed by atoms with Crippen molar-refractivity contribution in [2.45, 2.75) is 19.8 Å². The fourth-order valence-corrected chi connectivity index (χ4v) is 2.91. The zero-order valence-corrected chi connectivity index (χ0v) is 13.8. The number of hydrogen-bond acceptors (Lipinski definition) is 5. The molecule has 5 heteroatoms. The number of benzene rings is 2. The monoisotopic (exact) mass is 332 g/mol. The van der Waals surface area contributed by atoms with Crippen LogP contribution < -0.4 is 4.74 Å². The Kier molecular flexibility index (Phi) is 3.76. The van der Waals surface area contributed by atoms with Gasteiger partial charge >= 0.3 is 0 Å². The molecule has 0 N–H and O–H groups in total. The van der Waals surface area contributed by atoms with E-state index in [-0.39, 0.29) is 23.0 Å². The molecule has 0 atom stereocenters. The van der Waals surface area contributed by atoms with Crippen LogP contribution in [-0.2, 0) is 0 Å². The largest absolute Gasteiger partial charge is 0.494 e. The Morgan fingerprint density at radius 1 is 0.880 bits per heavy atom. The predicted molar refractivity (Wildman–Crippen MR) is 93.2 cm³/mol. The first kappa shape index (κ1) is 15.4. The maximum absolute atomic E-state index is 12.7. The van der Waals surface area contributed by atoms with Gasteiger partial charge in [-0.2, -0.15) is 0 Å². The molecule has 1 aromatic heterocycles. The van der Waals surface area contributed by atoms with Gasteiger partial charge in [-0.1, -0.05) is 37.6 Å². The minimum absolute atomic E-state index is 0.113. The highest BCUT2D eigenvalue weighted by molar-refractivity contribution is 6.27. The molecular formula is C20H16N2O3. The molecule has 0 fully saturated rings. The van der Waals surface area contributed by atoms with Crippen LogP contribution in [0.4, 0.5) is 0 Å². The van der Waals surface area contributed by atoms with E-state index in [0.717, 1.165) is 12.8 Å². The van der Waals surface area contributed by atoms with Crippen LogP contribution in [0.5, 0.6) is 5.75 Å². The van der Waals surface area contributed by atoms with Crippen LogP contribution in [0.15, 0.2) is 42.5 Å². The number of rotatable bonds is 4. The average molecular weight is 332 g/mol. The fraction of sp³-hybridized carbons (Fsp3) is 0.200. The van der Waals surface area contributed by atoms with Crippen molar-refractivity contribution in [2.75, 3.05) is 6.61 Å². The van der Waals surface area contributed by atoms with E-state index in [4.69, 9.17) is 4.74 Å². The molecule has 1 heterocycles. The average Bonchev–Trinajstić information content (AvgIpc) is 2.65. The van der Waals surface area contributed by atoms with E-state index in [1.165, 1.54) is 0 Å². The number of hydrogen-bond donors (Lipinski definition) is 0. The molecule has 25 heavy (non-hydrogen) atoms. The molecule has 0 bridgehead atoms. The van der Waals surface area contributed by atoms with Crippen molar-refractivity contribution in [3.8, 4) is 5.75 Å². The van der Waals surface area contributed by atoms with Crippen molar-refractivity contribution in [3.05, 3.63) is 65.0 Å². The second-order valence-corrected chi connectivity index (χ2v) is 5.98. The van der Waals surface area contributed by atoms with Gasteiger partial charge in [0.05, 0.1) is 17.6 Å². The summed E-state index contributed by atoms with van der Waals surface area (Å²) in [6.45, 7) is 2.73. The van der Waals surface area contributed by atoms with Gasteiger partial charge in [0.25, 0.3) is 0 Å². The van der Waals surface area contributed by atoms with Crippen LogP contribution >= 0.6 is 0 Å². The van der Waals surface area contributed by atoms with Crippen LogP contribution in [0.2, 0.25) is 0 Å². The first-order valence-electron chi connectivity index (χ1n) is 8.32. The van der Waals surface area contributed by atoms with Crippen molar-refractivity contribution in [1.29, 1.82) is 0 Å². The van der Waals surface area contributed by atoms with E-state index in [0.29, 0.717) is 34.5 Å². The Morgan fingerprint density at radius 2 is 1.52 bits per heavy atom. The van der Waals surface area contributed by atoms with Gasteiger partial charge in [0.2, 0.25) is 11.6 Å². The quantitative estimate of drug-likeness (QED) is 0.534. The summed E-state index contributed by atoms with van der Waals surface area (Å²) in [6.07, 6.45) is 2.02. The van der Waals surface area contributed by atoms with E-state index in [2.05, 4.69) is 16.9 Å². The van der Waals surface area contributed by atoms with E-state index in [1.807, 2.05) is 6.07 Å². The minimum atomic E-state index is -0.267. The number of carbonyl (C=O) groups is 2. The molecular weight excluding hydrogens is 316 g/mol. The number of carbonyl (C=O) groups excluding carboxylic acids is 2. The summed E-state index contributed by atoms with van der Waals surface area (Å²) < 4.78 is 5.68.